The lowest BCUT2D eigenvalue weighted by Gasteiger charge is -2.24. The molecule has 5 rings (SSSR count). The van der Waals surface area contributed by atoms with E-state index in [4.69, 9.17) is 4.74 Å². The van der Waals surface area contributed by atoms with Crippen LogP contribution in [-0.4, -0.2) is 35.9 Å². The third-order valence-electron chi connectivity index (χ3n) is 6.81. The number of rotatable bonds is 7. The number of para-hydroxylation sites is 1. The van der Waals surface area contributed by atoms with E-state index in [9.17, 15) is 14.4 Å². The van der Waals surface area contributed by atoms with E-state index in [1.165, 1.54) is 11.3 Å². The monoisotopic (exact) mass is 547 g/mol. The summed E-state index contributed by atoms with van der Waals surface area (Å²) in [5.41, 5.74) is 3.24. The standard InChI is InChI=1S/C29H29N3O4S2/c1-5-7-16-31-21-11-9-8-10-20(21)23(26(31)33)25-27(34)32-24(18-12-14-19(37-4)15-13-18)22(28(35)36-6-2)17(3)30-29(32)38-25/h8-15,24H,5-7,16H2,1-4H3. The molecular formula is C29H29N3O4S2. The number of fused-ring (bicyclic) bond motifs is 2. The number of esters is 1. The summed E-state index contributed by atoms with van der Waals surface area (Å²) in [6.07, 6.45) is 3.81. The molecule has 0 spiro atoms. The molecule has 9 heteroatoms. The molecule has 1 unspecified atom stereocenters. The van der Waals surface area contributed by atoms with E-state index in [0.717, 1.165) is 34.6 Å². The number of carbonyl (C=O) groups is 2. The first-order valence-corrected chi connectivity index (χ1v) is 14.7. The van der Waals surface area contributed by atoms with Gasteiger partial charge in [0, 0.05) is 17.0 Å². The van der Waals surface area contributed by atoms with Crippen LogP contribution in [0.2, 0.25) is 0 Å². The molecule has 0 fully saturated rings. The smallest absolute Gasteiger partial charge is 0.338 e. The normalized spacial score (nSPS) is 17.8. The Balaban J connectivity index is 1.77. The molecule has 0 bridgehead atoms. The van der Waals surface area contributed by atoms with Gasteiger partial charge in [-0.25, -0.2) is 9.79 Å². The average molecular weight is 548 g/mol. The molecule has 196 valence electrons. The highest BCUT2D eigenvalue weighted by Gasteiger charge is 2.37. The minimum Gasteiger partial charge on any atom is -0.463 e. The van der Waals surface area contributed by atoms with E-state index >= 15 is 0 Å². The van der Waals surface area contributed by atoms with Crippen molar-refractivity contribution < 1.29 is 14.3 Å². The van der Waals surface area contributed by atoms with Gasteiger partial charge in [0.2, 0.25) is 0 Å². The van der Waals surface area contributed by atoms with Crippen molar-refractivity contribution in [2.45, 2.75) is 44.6 Å². The molecule has 3 aromatic rings. The summed E-state index contributed by atoms with van der Waals surface area (Å²) in [5, 5.41) is 0. The van der Waals surface area contributed by atoms with Crippen molar-refractivity contribution >= 4 is 46.2 Å². The molecule has 0 saturated heterocycles. The number of hydrogen-bond acceptors (Lipinski definition) is 7. The van der Waals surface area contributed by atoms with E-state index in [1.54, 1.807) is 35.1 Å². The molecule has 7 nitrogen and oxygen atoms in total. The van der Waals surface area contributed by atoms with Crippen molar-refractivity contribution in [3.05, 3.63) is 90.6 Å². The van der Waals surface area contributed by atoms with Gasteiger partial charge in [-0.2, -0.15) is 0 Å². The highest BCUT2D eigenvalue weighted by Crippen LogP contribution is 2.36. The van der Waals surface area contributed by atoms with Crippen LogP contribution in [0.25, 0.3) is 5.57 Å². The Morgan fingerprint density at radius 3 is 2.53 bits per heavy atom. The first-order valence-electron chi connectivity index (χ1n) is 12.7. The van der Waals surface area contributed by atoms with Gasteiger partial charge in [0.1, 0.15) is 4.53 Å². The van der Waals surface area contributed by atoms with E-state index in [1.807, 2.05) is 54.8 Å². The van der Waals surface area contributed by atoms with Crippen LogP contribution >= 0.6 is 23.1 Å². The number of hydrogen-bond donors (Lipinski definition) is 0. The summed E-state index contributed by atoms with van der Waals surface area (Å²) in [7, 11) is 0. The molecular weight excluding hydrogens is 518 g/mol. The number of thiazole rings is 1. The van der Waals surface area contributed by atoms with Crippen LogP contribution in [0, 0.1) is 0 Å². The fraction of sp³-hybridized carbons (Fsp3) is 0.310. The van der Waals surface area contributed by atoms with Gasteiger partial charge >= 0.3 is 5.97 Å². The maximum Gasteiger partial charge on any atom is 0.338 e. The summed E-state index contributed by atoms with van der Waals surface area (Å²) < 4.78 is 7.27. The molecule has 0 saturated carbocycles. The first kappa shape index (κ1) is 26.2. The quantitative estimate of drug-likeness (QED) is 0.330. The molecule has 0 aliphatic carbocycles. The van der Waals surface area contributed by atoms with Crippen molar-refractivity contribution in [2.75, 3.05) is 24.3 Å². The Labute approximate surface area is 229 Å². The topological polar surface area (TPSA) is 81.0 Å². The van der Waals surface area contributed by atoms with Gasteiger partial charge in [-0.3, -0.25) is 14.2 Å². The second-order valence-electron chi connectivity index (χ2n) is 9.10. The molecule has 1 amide bonds. The molecule has 2 aliphatic rings. The SMILES string of the molecule is CCCCN1C(=O)C(=c2sc3n(c2=O)C(c2ccc(SC)cc2)C(C(=O)OCC)=C(C)N=3)c2ccccc21. The van der Waals surface area contributed by atoms with Crippen LogP contribution in [0.5, 0.6) is 0 Å². The number of ether oxygens (including phenoxy) is 1. The second kappa shape index (κ2) is 10.7. The Morgan fingerprint density at radius 1 is 1.11 bits per heavy atom. The highest BCUT2D eigenvalue weighted by molar-refractivity contribution is 7.98. The number of thioether (sulfide) groups is 1. The van der Waals surface area contributed by atoms with E-state index in [2.05, 4.69) is 11.9 Å². The second-order valence-corrected chi connectivity index (χ2v) is 11.0. The van der Waals surface area contributed by atoms with Gasteiger partial charge in [-0.05, 0) is 50.3 Å². The number of anilines is 1. The Hall–Kier alpha value is -3.43. The van der Waals surface area contributed by atoms with Crippen LogP contribution in [0.1, 0.15) is 50.8 Å². The van der Waals surface area contributed by atoms with Crippen molar-refractivity contribution in [2.24, 2.45) is 4.99 Å². The number of nitrogens with zero attached hydrogens (tertiary/aromatic N) is 3. The summed E-state index contributed by atoms with van der Waals surface area (Å²) in [6.45, 7) is 6.39. The average Bonchev–Trinajstić information content (AvgIpc) is 3.38. The third kappa shape index (κ3) is 4.33. The summed E-state index contributed by atoms with van der Waals surface area (Å²) in [4.78, 5) is 49.0. The van der Waals surface area contributed by atoms with Crippen molar-refractivity contribution in [1.82, 2.24) is 4.57 Å². The minimum absolute atomic E-state index is 0.174. The first-order chi connectivity index (χ1) is 18.4. The number of carbonyl (C=O) groups excluding carboxylic acids is 2. The number of amides is 1. The van der Waals surface area contributed by atoms with Gasteiger partial charge in [-0.15, -0.1) is 11.8 Å². The number of aromatic nitrogens is 1. The third-order valence-corrected chi connectivity index (χ3v) is 8.61. The number of allylic oxidation sites excluding steroid dienone is 1. The number of benzene rings is 2. The zero-order chi connectivity index (χ0) is 27.0. The van der Waals surface area contributed by atoms with Crippen molar-refractivity contribution in [3.63, 3.8) is 0 Å². The largest absolute Gasteiger partial charge is 0.463 e. The van der Waals surface area contributed by atoms with Crippen LogP contribution in [-0.2, 0) is 14.3 Å². The number of unbranched alkanes of at least 4 members (excludes halogenated alkanes) is 1. The highest BCUT2D eigenvalue weighted by atomic mass is 32.2. The van der Waals surface area contributed by atoms with Crippen LogP contribution in [0.3, 0.4) is 0 Å². The molecule has 1 atom stereocenters. The Bertz CT molecular complexity index is 1630. The fourth-order valence-corrected chi connectivity index (χ4v) is 6.53. The molecule has 0 radical (unpaired) electrons. The predicted molar refractivity (Wildman–Crippen MR) is 151 cm³/mol. The van der Waals surface area contributed by atoms with Crippen molar-refractivity contribution in [1.29, 1.82) is 0 Å². The van der Waals surface area contributed by atoms with Crippen LogP contribution < -0.4 is 19.8 Å². The lowest BCUT2D eigenvalue weighted by atomic mass is 9.96. The predicted octanol–water partition coefficient (Wildman–Crippen LogP) is 4.04. The Morgan fingerprint density at radius 2 is 1.84 bits per heavy atom. The fourth-order valence-electron chi connectivity index (χ4n) is 4.98. The van der Waals surface area contributed by atoms with Crippen LogP contribution in [0.15, 0.2) is 74.5 Å². The summed E-state index contributed by atoms with van der Waals surface area (Å²) >= 11 is 2.81. The van der Waals surface area contributed by atoms with E-state index in [0.29, 0.717) is 32.7 Å². The van der Waals surface area contributed by atoms with Gasteiger partial charge < -0.3 is 9.64 Å². The lowest BCUT2D eigenvalue weighted by Crippen LogP contribution is -2.41. The zero-order valence-corrected chi connectivity index (χ0v) is 23.4. The maximum atomic E-state index is 14.2. The van der Waals surface area contributed by atoms with Gasteiger partial charge in [0.25, 0.3) is 11.5 Å². The molecule has 0 N–H and O–H groups in total. The van der Waals surface area contributed by atoms with Crippen molar-refractivity contribution in [3.8, 4) is 0 Å². The summed E-state index contributed by atoms with van der Waals surface area (Å²) in [6, 6.07) is 14.7. The van der Waals surface area contributed by atoms with Crippen LogP contribution in [0.4, 0.5) is 5.69 Å². The van der Waals surface area contributed by atoms with E-state index < -0.39 is 12.0 Å². The van der Waals surface area contributed by atoms with E-state index in [-0.39, 0.29) is 18.1 Å². The molecule has 38 heavy (non-hydrogen) atoms. The van der Waals surface area contributed by atoms with Gasteiger partial charge in [0.05, 0.1) is 35.2 Å². The Kier molecular flexibility index (Phi) is 7.40. The molecule has 1 aromatic heterocycles. The minimum atomic E-state index is -0.710. The molecule has 2 aromatic carbocycles. The lowest BCUT2D eigenvalue weighted by molar-refractivity contribution is -0.139. The van der Waals surface area contributed by atoms with Gasteiger partial charge in [-0.1, -0.05) is 55.0 Å². The zero-order valence-electron chi connectivity index (χ0n) is 21.8. The van der Waals surface area contributed by atoms with Gasteiger partial charge in [0.15, 0.2) is 4.80 Å². The molecule has 3 heterocycles. The summed E-state index contributed by atoms with van der Waals surface area (Å²) in [5.74, 6) is -0.675. The maximum absolute atomic E-state index is 14.2. The molecule has 2 aliphatic heterocycles.